The van der Waals surface area contributed by atoms with Gasteiger partial charge in [0.1, 0.15) is 5.82 Å². The van der Waals surface area contributed by atoms with Crippen molar-refractivity contribution < 1.29 is 18.7 Å². The highest BCUT2D eigenvalue weighted by Crippen LogP contribution is 2.28. The molecule has 23 heavy (non-hydrogen) atoms. The highest BCUT2D eigenvalue weighted by molar-refractivity contribution is 7.17. The van der Waals surface area contributed by atoms with Crippen LogP contribution >= 0.6 is 11.3 Å². The molecule has 2 N–H and O–H groups in total. The predicted molar refractivity (Wildman–Crippen MR) is 86.9 cm³/mol. The van der Waals surface area contributed by atoms with Crippen molar-refractivity contribution in [1.29, 1.82) is 0 Å². The zero-order valence-corrected chi connectivity index (χ0v) is 13.4. The van der Waals surface area contributed by atoms with Gasteiger partial charge in [-0.05, 0) is 29.8 Å². The summed E-state index contributed by atoms with van der Waals surface area (Å²) in [6.45, 7) is 0.733. The van der Waals surface area contributed by atoms with Crippen LogP contribution in [0.2, 0.25) is 0 Å². The Labute approximate surface area is 137 Å². The Kier molecular flexibility index (Phi) is 6.25. The normalized spacial score (nSPS) is 10.3. The van der Waals surface area contributed by atoms with Gasteiger partial charge in [-0.15, -0.1) is 11.3 Å². The van der Waals surface area contributed by atoms with Gasteiger partial charge in [0.05, 0.1) is 18.0 Å². The summed E-state index contributed by atoms with van der Waals surface area (Å²) < 4.78 is 17.7. The van der Waals surface area contributed by atoms with Gasteiger partial charge in [-0.2, -0.15) is 0 Å². The third-order valence-corrected chi connectivity index (χ3v) is 4.13. The van der Waals surface area contributed by atoms with Crippen molar-refractivity contribution in [1.82, 2.24) is 10.6 Å². The summed E-state index contributed by atoms with van der Waals surface area (Å²) in [5, 5.41) is 5.17. The Morgan fingerprint density at radius 3 is 2.57 bits per heavy atom. The molecule has 0 atom stereocenters. The fourth-order valence-electron chi connectivity index (χ4n) is 1.83. The lowest BCUT2D eigenvalue weighted by Crippen LogP contribution is -2.37. The fraction of sp³-hybridized carbons (Fsp3) is 0.250. The van der Waals surface area contributed by atoms with E-state index in [1.54, 1.807) is 31.4 Å². The topological polar surface area (TPSA) is 67.4 Å². The fourth-order valence-corrected chi connectivity index (χ4v) is 2.76. The van der Waals surface area contributed by atoms with E-state index in [0.717, 1.165) is 10.4 Å². The average molecular weight is 336 g/mol. The summed E-state index contributed by atoms with van der Waals surface area (Å²) in [5.74, 6) is -0.890. The van der Waals surface area contributed by atoms with Gasteiger partial charge in [-0.1, -0.05) is 12.1 Å². The molecule has 2 rings (SSSR count). The standard InChI is InChI=1S/C16H17FN2O3S/c1-22-9-8-18-15(20)10-19-16(21)14-7-6-13(23-14)11-2-4-12(17)5-3-11/h2-7H,8-10H2,1H3,(H,18,20)(H,19,21). The number of hydrogen-bond acceptors (Lipinski definition) is 4. The highest BCUT2D eigenvalue weighted by atomic mass is 32.1. The lowest BCUT2D eigenvalue weighted by atomic mass is 10.2. The molecule has 1 heterocycles. The van der Waals surface area contributed by atoms with Crippen molar-refractivity contribution in [3.05, 3.63) is 47.1 Å². The molecule has 0 saturated carbocycles. The summed E-state index contributed by atoms with van der Waals surface area (Å²) >= 11 is 1.29. The molecule has 0 bridgehead atoms. The van der Waals surface area contributed by atoms with Crippen LogP contribution in [0.5, 0.6) is 0 Å². The Morgan fingerprint density at radius 1 is 1.13 bits per heavy atom. The van der Waals surface area contributed by atoms with E-state index in [2.05, 4.69) is 10.6 Å². The van der Waals surface area contributed by atoms with Crippen LogP contribution in [0.1, 0.15) is 9.67 Å². The molecular formula is C16H17FN2O3S. The Morgan fingerprint density at radius 2 is 1.87 bits per heavy atom. The maximum Gasteiger partial charge on any atom is 0.261 e. The molecule has 0 saturated heterocycles. The summed E-state index contributed by atoms with van der Waals surface area (Å²) in [6, 6.07) is 9.55. The molecule has 2 aromatic rings. The maximum atomic E-state index is 12.9. The SMILES string of the molecule is COCCNC(=O)CNC(=O)c1ccc(-c2ccc(F)cc2)s1. The number of methoxy groups -OCH3 is 1. The van der Waals surface area contributed by atoms with Gasteiger partial charge in [0.15, 0.2) is 0 Å². The molecule has 7 heteroatoms. The van der Waals surface area contributed by atoms with Gasteiger partial charge in [-0.25, -0.2) is 4.39 Å². The van der Waals surface area contributed by atoms with Crippen LogP contribution in [0, 0.1) is 5.82 Å². The van der Waals surface area contributed by atoms with Crippen LogP contribution in [-0.4, -0.2) is 38.6 Å². The van der Waals surface area contributed by atoms with Crippen LogP contribution in [0.3, 0.4) is 0 Å². The molecule has 0 radical (unpaired) electrons. The third kappa shape index (κ3) is 5.15. The molecule has 0 aliphatic carbocycles. The van der Waals surface area contributed by atoms with Gasteiger partial charge in [-0.3, -0.25) is 9.59 Å². The zero-order chi connectivity index (χ0) is 16.7. The second-order valence-electron chi connectivity index (χ2n) is 4.70. The lowest BCUT2D eigenvalue weighted by molar-refractivity contribution is -0.120. The number of nitrogens with one attached hydrogen (secondary N) is 2. The summed E-state index contributed by atoms with van der Waals surface area (Å²) in [7, 11) is 1.55. The van der Waals surface area contributed by atoms with Crippen molar-refractivity contribution >= 4 is 23.2 Å². The van der Waals surface area contributed by atoms with Crippen molar-refractivity contribution in [2.45, 2.75) is 0 Å². The van der Waals surface area contributed by atoms with Crippen molar-refractivity contribution in [3.8, 4) is 10.4 Å². The van der Waals surface area contributed by atoms with Gasteiger partial charge in [0, 0.05) is 18.5 Å². The number of hydrogen-bond donors (Lipinski definition) is 2. The minimum Gasteiger partial charge on any atom is -0.383 e. The van der Waals surface area contributed by atoms with E-state index in [1.807, 2.05) is 0 Å². The number of benzene rings is 1. The van der Waals surface area contributed by atoms with Gasteiger partial charge >= 0.3 is 0 Å². The Bertz CT molecular complexity index is 670. The van der Waals surface area contributed by atoms with Gasteiger partial charge in [0.25, 0.3) is 5.91 Å². The van der Waals surface area contributed by atoms with Crippen molar-refractivity contribution in [3.63, 3.8) is 0 Å². The van der Waals surface area contributed by atoms with E-state index in [9.17, 15) is 14.0 Å². The first-order valence-corrected chi connectivity index (χ1v) is 7.81. The first-order chi connectivity index (χ1) is 11.1. The lowest BCUT2D eigenvalue weighted by Gasteiger charge is -2.05. The monoisotopic (exact) mass is 336 g/mol. The van der Waals surface area contributed by atoms with Gasteiger partial charge in [0.2, 0.25) is 5.91 Å². The number of carbonyl (C=O) groups excluding carboxylic acids is 2. The molecule has 0 aliphatic rings. The van der Waals surface area contributed by atoms with E-state index in [4.69, 9.17) is 4.74 Å². The first-order valence-electron chi connectivity index (χ1n) is 7.00. The number of thiophene rings is 1. The highest BCUT2D eigenvalue weighted by Gasteiger charge is 2.11. The largest absolute Gasteiger partial charge is 0.383 e. The van der Waals surface area contributed by atoms with E-state index in [-0.39, 0.29) is 24.2 Å². The molecule has 1 aromatic carbocycles. The molecule has 0 fully saturated rings. The molecule has 0 spiro atoms. The summed E-state index contributed by atoms with van der Waals surface area (Å²) in [6.07, 6.45) is 0. The Hall–Kier alpha value is -2.25. The molecule has 5 nitrogen and oxygen atoms in total. The minimum absolute atomic E-state index is 0.0909. The summed E-state index contributed by atoms with van der Waals surface area (Å²) in [5.41, 5.74) is 0.841. The Balaban J connectivity index is 1.88. The molecule has 0 unspecified atom stereocenters. The van der Waals surface area contributed by atoms with Crippen LogP contribution < -0.4 is 10.6 Å². The number of ether oxygens (including phenoxy) is 1. The minimum atomic E-state index is -0.315. The maximum absolute atomic E-state index is 12.9. The smallest absolute Gasteiger partial charge is 0.261 e. The molecular weight excluding hydrogens is 319 g/mol. The van der Waals surface area contributed by atoms with E-state index < -0.39 is 0 Å². The van der Waals surface area contributed by atoms with Crippen molar-refractivity contribution in [2.75, 3.05) is 26.8 Å². The summed E-state index contributed by atoms with van der Waals surface area (Å²) in [4.78, 5) is 24.9. The average Bonchev–Trinajstić information content (AvgIpc) is 3.03. The van der Waals surface area contributed by atoms with Gasteiger partial charge < -0.3 is 15.4 Å². The number of amides is 2. The van der Waals surface area contributed by atoms with Crippen LogP contribution in [0.15, 0.2) is 36.4 Å². The second kappa shape index (κ2) is 8.40. The number of halogens is 1. The van der Waals surface area contributed by atoms with Crippen LogP contribution in [0.4, 0.5) is 4.39 Å². The molecule has 2 amide bonds. The second-order valence-corrected chi connectivity index (χ2v) is 5.78. The zero-order valence-electron chi connectivity index (χ0n) is 12.6. The van der Waals surface area contributed by atoms with E-state index in [0.29, 0.717) is 18.0 Å². The van der Waals surface area contributed by atoms with Crippen molar-refractivity contribution in [2.24, 2.45) is 0 Å². The predicted octanol–water partition coefficient (Wildman–Crippen LogP) is 2.05. The third-order valence-electron chi connectivity index (χ3n) is 3.00. The molecule has 1 aromatic heterocycles. The molecule has 0 aliphatic heterocycles. The van der Waals surface area contributed by atoms with Crippen LogP contribution in [-0.2, 0) is 9.53 Å². The molecule has 122 valence electrons. The number of rotatable bonds is 7. The quantitative estimate of drug-likeness (QED) is 0.761. The van der Waals surface area contributed by atoms with Crippen LogP contribution in [0.25, 0.3) is 10.4 Å². The van der Waals surface area contributed by atoms with E-state index >= 15 is 0 Å². The van der Waals surface area contributed by atoms with E-state index in [1.165, 1.54) is 23.5 Å². The first kappa shape index (κ1) is 17.1. The number of carbonyl (C=O) groups is 2.